The van der Waals surface area contributed by atoms with Gasteiger partial charge in [0.05, 0.1) is 0 Å². The van der Waals surface area contributed by atoms with E-state index in [9.17, 15) is 4.79 Å². The average molecular weight is 259 g/mol. The Morgan fingerprint density at radius 3 is 2.95 bits per heavy atom. The Morgan fingerprint density at radius 1 is 1.42 bits per heavy atom. The van der Waals surface area contributed by atoms with Gasteiger partial charge in [0.15, 0.2) is 0 Å². The number of aromatic nitrogens is 2. The van der Waals surface area contributed by atoms with Crippen LogP contribution >= 0.6 is 0 Å². The number of anilines is 1. The summed E-state index contributed by atoms with van der Waals surface area (Å²) in [5.74, 6) is 0.628. The molecule has 5 heteroatoms. The zero-order valence-corrected chi connectivity index (χ0v) is 11.1. The fourth-order valence-electron chi connectivity index (χ4n) is 1.75. The predicted octanol–water partition coefficient (Wildman–Crippen LogP) is 2.34. The Bertz CT molecular complexity index is 635. The summed E-state index contributed by atoms with van der Waals surface area (Å²) in [4.78, 5) is 16.1. The zero-order valence-electron chi connectivity index (χ0n) is 11.1. The number of hydrogen-bond donors (Lipinski definition) is 1. The Balaban J connectivity index is 2.36. The largest absolute Gasteiger partial charge is 0.434 e. The number of nitrogens with zero attached hydrogens (tertiary/aromatic N) is 2. The van der Waals surface area contributed by atoms with Crippen LogP contribution in [0.4, 0.5) is 5.69 Å². The van der Waals surface area contributed by atoms with Crippen LogP contribution in [0, 0.1) is 6.92 Å². The van der Waals surface area contributed by atoms with Crippen LogP contribution in [0.25, 0.3) is 0 Å². The maximum Gasteiger partial charge on any atom is 0.313 e. The van der Waals surface area contributed by atoms with Crippen molar-refractivity contribution in [3.63, 3.8) is 0 Å². The number of hydrogen-bond acceptors (Lipinski definition) is 4. The average Bonchev–Trinajstić information content (AvgIpc) is 2.39. The molecule has 5 nitrogen and oxygen atoms in total. The fourth-order valence-corrected chi connectivity index (χ4v) is 1.75. The Morgan fingerprint density at radius 2 is 2.21 bits per heavy atom. The first-order valence-electron chi connectivity index (χ1n) is 6.21. The summed E-state index contributed by atoms with van der Waals surface area (Å²) in [6.07, 6.45) is 4.10. The molecule has 1 aromatic heterocycles. The molecule has 2 rings (SSSR count). The lowest BCUT2D eigenvalue weighted by Gasteiger charge is -2.09. The van der Waals surface area contributed by atoms with Crippen LogP contribution in [0.15, 0.2) is 35.4 Å². The normalized spacial score (nSPS) is 10.4. The topological polar surface area (TPSA) is 70.1 Å². The van der Waals surface area contributed by atoms with Gasteiger partial charge in [0.1, 0.15) is 5.75 Å². The lowest BCUT2D eigenvalue weighted by atomic mass is 10.2. The first-order valence-corrected chi connectivity index (χ1v) is 6.21. The van der Waals surface area contributed by atoms with Crippen molar-refractivity contribution in [3.8, 4) is 11.6 Å². The number of nitrogen functional groups attached to an aromatic ring is 1. The van der Waals surface area contributed by atoms with Crippen molar-refractivity contribution in [2.75, 3.05) is 5.73 Å². The fraction of sp³-hybridized carbons (Fsp3) is 0.286. The molecule has 19 heavy (non-hydrogen) atoms. The minimum atomic E-state index is -0.230. The molecule has 0 fully saturated rings. The lowest BCUT2D eigenvalue weighted by Crippen LogP contribution is -2.21. The van der Waals surface area contributed by atoms with Crippen LogP contribution in [-0.4, -0.2) is 9.55 Å². The van der Waals surface area contributed by atoms with Gasteiger partial charge >= 0.3 is 5.56 Å². The third-order valence-corrected chi connectivity index (χ3v) is 2.77. The van der Waals surface area contributed by atoms with Gasteiger partial charge in [-0.1, -0.05) is 13.0 Å². The smallest absolute Gasteiger partial charge is 0.313 e. The first-order chi connectivity index (χ1) is 9.11. The Kier molecular flexibility index (Phi) is 3.85. The molecule has 0 unspecified atom stereocenters. The Hall–Kier alpha value is -2.30. The molecule has 0 atom stereocenters. The van der Waals surface area contributed by atoms with E-state index in [1.54, 1.807) is 29.1 Å². The summed E-state index contributed by atoms with van der Waals surface area (Å²) in [6, 6.07) is 5.32. The van der Waals surface area contributed by atoms with Crippen molar-refractivity contribution >= 4 is 5.69 Å². The first kappa shape index (κ1) is 13.1. The van der Waals surface area contributed by atoms with E-state index >= 15 is 0 Å². The zero-order chi connectivity index (χ0) is 13.8. The van der Waals surface area contributed by atoms with Gasteiger partial charge in [-0.25, -0.2) is 4.98 Å². The molecule has 2 aromatic rings. The summed E-state index contributed by atoms with van der Waals surface area (Å²) in [7, 11) is 0. The van der Waals surface area contributed by atoms with Crippen molar-refractivity contribution in [3.05, 3.63) is 46.5 Å². The third-order valence-electron chi connectivity index (χ3n) is 2.77. The predicted molar refractivity (Wildman–Crippen MR) is 74.5 cm³/mol. The van der Waals surface area contributed by atoms with E-state index in [4.69, 9.17) is 10.5 Å². The maximum absolute atomic E-state index is 12.1. The van der Waals surface area contributed by atoms with Crippen molar-refractivity contribution in [1.29, 1.82) is 0 Å². The summed E-state index contributed by atoms with van der Waals surface area (Å²) in [6.45, 7) is 4.55. The highest BCUT2D eigenvalue weighted by atomic mass is 16.5. The van der Waals surface area contributed by atoms with Gasteiger partial charge in [-0.15, -0.1) is 0 Å². The SMILES string of the molecule is CCCn1ccnc(Oc2cc(N)ccc2C)c1=O. The second-order valence-corrected chi connectivity index (χ2v) is 4.36. The van der Waals surface area contributed by atoms with Crippen LogP contribution in [0.2, 0.25) is 0 Å². The maximum atomic E-state index is 12.1. The van der Waals surface area contributed by atoms with Gasteiger partial charge in [-0.2, -0.15) is 0 Å². The Labute approximate surface area is 111 Å². The van der Waals surface area contributed by atoms with Gasteiger partial charge in [-0.05, 0) is 25.0 Å². The molecule has 1 aromatic carbocycles. The highest BCUT2D eigenvalue weighted by Gasteiger charge is 2.09. The van der Waals surface area contributed by atoms with E-state index in [0.29, 0.717) is 18.0 Å². The van der Waals surface area contributed by atoms with E-state index in [-0.39, 0.29) is 11.4 Å². The number of nitrogens with two attached hydrogens (primary N) is 1. The molecule has 2 N–H and O–H groups in total. The molecule has 0 saturated carbocycles. The number of rotatable bonds is 4. The summed E-state index contributed by atoms with van der Waals surface area (Å²) in [5, 5.41) is 0. The van der Waals surface area contributed by atoms with Gasteiger partial charge in [0.25, 0.3) is 5.88 Å². The van der Waals surface area contributed by atoms with Crippen molar-refractivity contribution < 1.29 is 4.74 Å². The molecule has 0 saturated heterocycles. The lowest BCUT2D eigenvalue weighted by molar-refractivity contribution is 0.441. The molecule has 100 valence electrons. The second kappa shape index (κ2) is 5.56. The standard InChI is InChI=1S/C14H17N3O2/c1-3-7-17-8-6-16-13(14(17)18)19-12-9-11(15)5-4-10(12)2/h4-6,8-9H,3,7,15H2,1-2H3. The van der Waals surface area contributed by atoms with Crippen LogP contribution in [-0.2, 0) is 6.54 Å². The van der Waals surface area contributed by atoms with Crippen molar-refractivity contribution in [2.45, 2.75) is 26.8 Å². The van der Waals surface area contributed by atoms with E-state index in [2.05, 4.69) is 4.98 Å². The molecule has 0 spiro atoms. The molecule has 0 bridgehead atoms. The molecule has 0 radical (unpaired) electrons. The highest BCUT2D eigenvalue weighted by Crippen LogP contribution is 2.24. The number of ether oxygens (including phenoxy) is 1. The quantitative estimate of drug-likeness (QED) is 0.855. The molecule has 0 aliphatic carbocycles. The van der Waals surface area contributed by atoms with E-state index < -0.39 is 0 Å². The summed E-state index contributed by atoms with van der Waals surface area (Å²) < 4.78 is 7.17. The minimum Gasteiger partial charge on any atom is -0.434 e. The third kappa shape index (κ3) is 2.93. The van der Waals surface area contributed by atoms with Gasteiger partial charge in [0.2, 0.25) is 0 Å². The minimum absolute atomic E-state index is 0.0738. The molecule has 0 aliphatic rings. The van der Waals surface area contributed by atoms with Crippen molar-refractivity contribution in [2.24, 2.45) is 0 Å². The molecule has 1 heterocycles. The molecular weight excluding hydrogens is 242 g/mol. The van der Waals surface area contributed by atoms with E-state index in [1.807, 2.05) is 19.9 Å². The second-order valence-electron chi connectivity index (χ2n) is 4.36. The highest BCUT2D eigenvalue weighted by molar-refractivity contribution is 5.48. The summed E-state index contributed by atoms with van der Waals surface area (Å²) in [5.41, 5.74) is 6.97. The van der Waals surface area contributed by atoms with Gasteiger partial charge in [0, 0.05) is 30.7 Å². The van der Waals surface area contributed by atoms with Crippen LogP contribution < -0.4 is 16.0 Å². The number of benzene rings is 1. The van der Waals surface area contributed by atoms with Crippen LogP contribution in [0.1, 0.15) is 18.9 Å². The van der Waals surface area contributed by atoms with Crippen LogP contribution in [0.5, 0.6) is 11.6 Å². The van der Waals surface area contributed by atoms with Crippen molar-refractivity contribution in [1.82, 2.24) is 9.55 Å². The van der Waals surface area contributed by atoms with E-state index in [1.165, 1.54) is 0 Å². The van der Waals surface area contributed by atoms with Gasteiger partial charge in [-0.3, -0.25) is 4.79 Å². The molecular formula is C14H17N3O2. The number of aryl methyl sites for hydroxylation is 2. The monoisotopic (exact) mass is 259 g/mol. The van der Waals surface area contributed by atoms with E-state index in [0.717, 1.165) is 12.0 Å². The molecule has 0 amide bonds. The molecule has 0 aliphatic heterocycles. The van der Waals surface area contributed by atoms with Crippen LogP contribution in [0.3, 0.4) is 0 Å². The van der Waals surface area contributed by atoms with Gasteiger partial charge < -0.3 is 15.0 Å². The summed E-state index contributed by atoms with van der Waals surface area (Å²) >= 11 is 0.